The van der Waals surface area contributed by atoms with E-state index in [0.717, 1.165) is 6.07 Å². The predicted molar refractivity (Wildman–Crippen MR) is 64.1 cm³/mol. The third-order valence-corrected chi connectivity index (χ3v) is 3.02. The van der Waals surface area contributed by atoms with Crippen LogP contribution in [0.1, 0.15) is 25.8 Å². The van der Waals surface area contributed by atoms with Crippen LogP contribution in [0.5, 0.6) is 0 Å². The molecule has 1 aromatic carbocycles. The summed E-state index contributed by atoms with van der Waals surface area (Å²) in [6.45, 7) is 3.29. The van der Waals surface area contributed by atoms with E-state index >= 15 is 0 Å². The normalized spacial score (nSPS) is 12.7. The minimum absolute atomic E-state index is 0.0551. The van der Waals surface area contributed by atoms with Crippen molar-refractivity contribution in [3.63, 3.8) is 0 Å². The van der Waals surface area contributed by atoms with Crippen LogP contribution in [0, 0.1) is 17.5 Å². The molecule has 0 saturated heterocycles. The molecule has 0 saturated carbocycles. The maximum atomic E-state index is 13.5. The minimum Gasteiger partial charge on any atom is -0.480 e. The number of nitrogens with zero attached hydrogens (tertiary/aromatic N) is 1. The van der Waals surface area contributed by atoms with Gasteiger partial charge in [-0.15, -0.1) is 0 Å². The molecule has 0 amide bonds. The van der Waals surface area contributed by atoms with E-state index in [2.05, 4.69) is 0 Å². The molecule has 0 heterocycles. The molecule has 0 radical (unpaired) electrons. The lowest BCUT2D eigenvalue weighted by molar-refractivity contribution is -0.139. The Balaban J connectivity index is 2.95. The van der Waals surface area contributed by atoms with Crippen LogP contribution in [0.3, 0.4) is 0 Å². The summed E-state index contributed by atoms with van der Waals surface area (Å²) in [5, 5.41) is 8.80. The monoisotopic (exact) mass is 275 g/mol. The Labute approximate surface area is 109 Å². The topological polar surface area (TPSA) is 40.5 Å². The molecule has 1 atom stereocenters. The lowest BCUT2D eigenvalue weighted by Crippen LogP contribution is -2.36. The van der Waals surface area contributed by atoms with Crippen LogP contribution in [-0.2, 0) is 11.3 Å². The molecule has 3 nitrogen and oxygen atoms in total. The summed E-state index contributed by atoms with van der Waals surface area (Å²) in [7, 11) is 0. The highest BCUT2D eigenvalue weighted by Gasteiger charge is 2.19. The third-order valence-electron chi connectivity index (χ3n) is 3.02. The van der Waals surface area contributed by atoms with Crippen LogP contribution >= 0.6 is 0 Å². The van der Waals surface area contributed by atoms with E-state index in [9.17, 15) is 18.0 Å². The number of aliphatic carboxylic acids is 1. The molecule has 6 heteroatoms. The molecule has 0 fully saturated rings. The standard InChI is InChI=1S/C13H16F3NO2/c1-3-8(2)17(7-13(18)19)6-9-4-11(15)12(16)5-10(9)14/h4-5,8H,3,6-7H2,1-2H3,(H,18,19). The average Bonchev–Trinajstić information content (AvgIpc) is 2.33. The minimum atomic E-state index is -1.26. The van der Waals surface area contributed by atoms with Crippen LogP contribution in [0.15, 0.2) is 12.1 Å². The zero-order valence-corrected chi connectivity index (χ0v) is 10.8. The summed E-state index contributed by atoms with van der Waals surface area (Å²) in [5.41, 5.74) is -0.0551. The summed E-state index contributed by atoms with van der Waals surface area (Å²) < 4.78 is 39.4. The molecular formula is C13H16F3NO2. The van der Waals surface area contributed by atoms with Gasteiger partial charge in [0.2, 0.25) is 0 Å². The van der Waals surface area contributed by atoms with Gasteiger partial charge in [0.25, 0.3) is 0 Å². The van der Waals surface area contributed by atoms with Crippen molar-refractivity contribution in [3.05, 3.63) is 35.1 Å². The Bertz CT molecular complexity index is 465. The molecule has 0 aliphatic heterocycles. The van der Waals surface area contributed by atoms with Gasteiger partial charge >= 0.3 is 5.97 Å². The number of halogens is 3. The zero-order chi connectivity index (χ0) is 14.6. The van der Waals surface area contributed by atoms with Gasteiger partial charge in [0.1, 0.15) is 5.82 Å². The molecular weight excluding hydrogens is 259 g/mol. The molecule has 1 aromatic rings. The van der Waals surface area contributed by atoms with E-state index in [4.69, 9.17) is 5.11 Å². The smallest absolute Gasteiger partial charge is 0.317 e. The number of carbonyl (C=O) groups is 1. The average molecular weight is 275 g/mol. The first-order valence-electron chi connectivity index (χ1n) is 5.94. The first-order valence-corrected chi connectivity index (χ1v) is 5.94. The maximum Gasteiger partial charge on any atom is 0.317 e. The van der Waals surface area contributed by atoms with Crippen LogP contribution in [0.4, 0.5) is 13.2 Å². The van der Waals surface area contributed by atoms with E-state index in [1.54, 1.807) is 6.92 Å². The van der Waals surface area contributed by atoms with E-state index in [1.165, 1.54) is 4.90 Å². The lowest BCUT2D eigenvalue weighted by atomic mass is 10.1. The highest BCUT2D eigenvalue weighted by molar-refractivity contribution is 5.69. The molecule has 106 valence electrons. The summed E-state index contributed by atoms with van der Waals surface area (Å²) in [5.74, 6) is -4.33. The molecule has 0 aliphatic rings. The van der Waals surface area contributed by atoms with E-state index in [-0.39, 0.29) is 24.7 Å². The first kappa shape index (κ1) is 15.5. The zero-order valence-electron chi connectivity index (χ0n) is 10.8. The van der Waals surface area contributed by atoms with Crippen LogP contribution in [0.2, 0.25) is 0 Å². The lowest BCUT2D eigenvalue weighted by Gasteiger charge is -2.26. The summed E-state index contributed by atoms with van der Waals surface area (Å²) in [6.07, 6.45) is 0.665. The number of hydrogen-bond donors (Lipinski definition) is 1. The second kappa shape index (κ2) is 6.56. The van der Waals surface area contributed by atoms with Gasteiger partial charge in [0.05, 0.1) is 6.54 Å². The van der Waals surface area contributed by atoms with Crippen molar-refractivity contribution in [3.8, 4) is 0 Å². The van der Waals surface area contributed by atoms with Crippen molar-refractivity contribution >= 4 is 5.97 Å². The van der Waals surface area contributed by atoms with Crippen LogP contribution in [0.25, 0.3) is 0 Å². The maximum absolute atomic E-state index is 13.5. The van der Waals surface area contributed by atoms with Crippen molar-refractivity contribution in [2.75, 3.05) is 6.54 Å². The quantitative estimate of drug-likeness (QED) is 0.812. The number of benzene rings is 1. The highest BCUT2D eigenvalue weighted by atomic mass is 19.2. The second-order valence-electron chi connectivity index (χ2n) is 4.41. The number of carboxylic acid groups (broad SMARTS) is 1. The van der Waals surface area contributed by atoms with E-state index in [1.807, 2.05) is 6.92 Å². The van der Waals surface area contributed by atoms with Crippen molar-refractivity contribution < 1.29 is 23.1 Å². The first-order chi connectivity index (χ1) is 8.85. The van der Waals surface area contributed by atoms with Gasteiger partial charge < -0.3 is 5.11 Å². The molecule has 0 aliphatic carbocycles. The van der Waals surface area contributed by atoms with Gasteiger partial charge in [-0.25, -0.2) is 13.2 Å². The fourth-order valence-electron chi connectivity index (χ4n) is 1.70. The Morgan fingerprint density at radius 3 is 2.37 bits per heavy atom. The highest BCUT2D eigenvalue weighted by Crippen LogP contribution is 2.17. The van der Waals surface area contributed by atoms with Gasteiger partial charge in [-0.2, -0.15) is 0 Å². The molecule has 0 aromatic heterocycles. The predicted octanol–water partition coefficient (Wildman–Crippen LogP) is 2.79. The fourth-order valence-corrected chi connectivity index (χ4v) is 1.70. The Kier molecular flexibility index (Phi) is 5.35. The van der Waals surface area contributed by atoms with Gasteiger partial charge in [0, 0.05) is 24.2 Å². The van der Waals surface area contributed by atoms with Crippen molar-refractivity contribution in [1.82, 2.24) is 4.90 Å². The SMILES string of the molecule is CCC(C)N(CC(=O)O)Cc1cc(F)c(F)cc1F. The van der Waals surface area contributed by atoms with E-state index in [0.29, 0.717) is 12.5 Å². The number of carboxylic acids is 1. The molecule has 19 heavy (non-hydrogen) atoms. The van der Waals surface area contributed by atoms with Gasteiger partial charge in [-0.1, -0.05) is 6.92 Å². The molecule has 1 unspecified atom stereocenters. The molecule has 1 rings (SSSR count). The summed E-state index contributed by atoms with van der Waals surface area (Å²) >= 11 is 0. The van der Waals surface area contributed by atoms with Gasteiger partial charge in [0.15, 0.2) is 11.6 Å². The van der Waals surface area contributed by atoms with Gasteiger partial charge in [-0.05, 0) is 19.4 Å². The Morgan fingerprint density at radius 2 is 1.84 bits per heavy atom. The van der Waals surface area contributed by atoms with Crippen LogP contribution < -0.4 is 0 Å². The summed E-state index contributed by atoms with van der Waals surface area (Å²) in [6, 6.07) is 1.13. The number of hydrogen-bond acceptors (Lipinski definition) is 2. The fraction of sp³-hybridized carbons (Fsp3) is 0.462. The largest absolute Gasteiger partial charge is 0.480 e. The van der Waals surface area contributed by atoms with Crippen molar-refractivity contribution in [1.29, 1.82) is 0 Å². The molecule has 0 spiro atoms. The summed E-state index contributed by atoms with van der Waals surface area (Å²) in [4.78, 5) is 12.3. The second-order valence-corrected chi connectivity index (χ2v) is 4.41. The number of rotatable bonds is 6. The Morgan fingerprint density at radius 1 is 1.26 bits per heavy atom. The van der Waals surface area contributed by atoms with Crippen molar-refractivity contribution in [2.24, 2.45) is 0 Å². The molecule has 0 bridgehead atoms. The Hall–Kier alpha value is -1.56. The van der Waals surface area contributed by atoms with Crippen molar-refractivity contribution in [2.45, 2.75) is 32.9 Å². The van der Waals surface area contributed by atoms with Crippen LogP contribution in [-0.4, -0.2) is 28.6 Å². The third kappa shape index (κ3) is 4.24. The molecule has 1 N–H and O–H groups in total. The van der Waals surface area contributed by atoms with Gasteiger partial charge in [-0.3, -0.25) is 9.69 Å². The van der Waals surface area contributed by atoms with E-state index < -0.39 is 23.4 Å².